The maximum Gasteiger partial charge on any atom is 0.406 e. The third-order valence-electron chi connectivity index (χ3n) is 5.10. The Kier molecular flexibility index (Phi) is 4.12. The second kappa shape index (κ2) is 5.72. The van der Waals surface area contributed by atoms with Gasteiger partial charge in [-0.3, -0.25) is 14.3 Å². The number of carbonyl (C=O) groups excluding carboxylic acids is 1. The molecule has 1 N–H and O–H groups in total. The highest BCUT2D eigenvalue weighted by molar-refractivity contribution is 5.93. The van der Waals surface area contributed by atoms with Crippen molar-refractivity contribution in [3.05, 3.63) is 17.5 Å². The van der Waals surface area contributed by atoms with E-state index in [1.54, 1.807) is 10.7 Å². The van der Waals surface area contributed by atoms with Crippen molar-refractivity contribution in [3.8, 4) is 0 Å². The highest BCUT2D eigenvalue weighted by Crippen LogP contribution is 2.46. The lowest BCUT2D eigenvalue weighted by atomic mass is 9.86. The van der Waals surface area contributed by atoms with E-state index in [4.69, 9.17) is 5.11 Å². The van der Waals surface area contributed by atoms with Gasteiger partial charge in [0.05, 0.1) is 5.54 Å². The molecule has 2 heterocycles. The Morgan fingerprint density at radius 1 is 1.27 bits per heavy atom. The number of carbonyl (C=O) groups is 2. The summed E-state index contributed by atoms with van der Waals surface area (Å²) in [6.45, 7) is 4.68. The van der Waals surface area contributed by atoms with Gasteiger partial charge >= 0.3 is 12.1 Å². The molecule has 1 aliphatic carbocycles. The maximum absolute atomic E-state index is 13.3. The largest absolute Gasteiger partial charge is 0.481 e. The molecule has 2 fully saturated rings. The molecule has 1 aromatic heterocycles. The van der Waals surface area contributed by atoms with Crippen molar-refractivity contribution < 1.29 is 27.9 Å². The van der Waals surface area contributed by atoms with Crippen LogP contribution in [0.2, 0.25) is 0 Å². The fourth-order valence-electron chi connectivity index (χ4n) is 3.38. The molecule has 1 unspecified atom stereocenters. The zero-order valence-electron chi connectivity index (χ0n) is 14.9. The van der Waals surface area contributed by atoms with Gasteiger partial charge in [0.1, 0.15) is 0 Å². The summed E-state index contributed by atoms with van der Waals surface area (Å²) in [7, 11) is 0. The molecule has 1 amide bonds. The lowest BCUT2D eigenvalue weighted by molar-refractivity contribution is -0.227. The minimum absolute atomic E-state index is 0.0742. The second-order valence-electron chi connectivity index (χ2n) is 8.17. The van der Waals surface area contributed by atoms with Gasteiger partial charge < -0.3 is 10.0 Å². The fourth-order valence-corrected chi connectivity index (χ4v) is 3.38. The van der Waals surface area contributed by atoms with Gasteiger partial charge in [-0.05, 0) is 46.1 Å². The molecule has 3 rings (SSSR count). The van der Waals surface area contributed by atoms with Gasteiger partial charge in [-0.2, -0.15) is 18.3 Å². The Hall–Kier alpha value is -2.06. The molecule has 1 saturated heterocycles. The summed E-state index contributed by atoms with van der Waals surface area (Å²) in [5, 5.41) is 13.5. The number of halogens is 3. The third kappa shape index (κ3) is 2.97. The molecule has 2 aliphatic rings. The van der Waals surface area contributed by atoms with Crippen LogP contribution in [0, 0.1) is 5.41 Å². The van der Waals surface area contributed by atoms with E-state index in [1.165, 1.54) is 0 Å². The number of aromatic nitrogens is 2. The first-order valence-electron chi connectivity index (χ1n) is 8.57. The SMILES string of the molecule is CC(C)(C)n1nc(C(=O)N2CCC(C(=O)O)(C(F)(F)F)C2)cc1C1CC1. The molecule has 0 bridgehead atoms. The average Bonchev–Trinajstić information content (AvgIpc) is 3.08. The Morgan fingerprint density at radius 2 is 1.88 bits per heavy atom. The molecule has 1 aliphatic heterocycles. The Morgan fingerprint density at radius 3 is 2.31 bits per heavy atom. The van der Waals surface area contributed by atoms with Crippen LogP contribution in [-0.4, -0.2) is 50.9 Å². The van der Waals surface area contributed by atoms with Gasteiger partial charge in [-0.25, -0.2) is 0 Å². The predicted octanol–water partition coefficient (Wildman–Crippen LogP) is 2.99. The van der Waals surface area contributed by atoms with E-state index < -0.39 is 36.4 Å². The van der Waals surface area contributed by atoms with E-state index in [0.29, 0.717) is 5.92 Å². The number of nitrogens with zero attached hydrogens (tertiary/aromatic N) is 3. The van der Waals surface area contributed by atoms with Gasteiger partial charge in [0.2, 0.25) is 0 Å². The number of rotatable bonds is 3. The van der Waals surface area contributed by atoms with E-state index in [2.05, 4.69) is 5.10 Å². The lowest BCUT2D eigenvalue weighted by Gasteiger charge is -2.27. The van der Waals surface area contributed by atoms with Crippen LogP contribution in [0.25, 0.3) is 0 Å². The number of hydrogen-bond acceptors (Lipinski definition) is 3. The quantitative estimate of drug-likeness (QED) is 0.884. The summed E-state index contributed by atoms with van der Waals surface area (Å²) in [5.74, 6) is -2.28. The monoisotopic (exact) mass is 373 g/mol. The molecule has 0 aromatic carbocycles. The number of amides is 1. The zero-order valence-corrected chi connectivity index (χ0v) is 14.9. The topological polar surface area (TPSA) is 75.4 Å². The Balaban J connectivity index is 1.88. The summed E-state index contributed by atoms with van der Waals surface area (Å²) < 4.78 is 41.7. The van der Waals surface area contributed by atoms with Gasteiger partial charge in [0, 0.05) is 24.7 Å². The van der Waals surface area contributed by atoms with Crippen LogP contribution < -0.4 is 0 Å². The van der Waals surface area contributed by atoms with Crippen molar-refractivity contribution in [1.29, 1.82) is 0 Å². The standard InChI is InChI=1S/C17H22F3N3O3/c1-15(2,3)23-12(10-4-5-10)8-11(21-23)13(24)22-7-6-16(9-22,14(25)26)17(18,19)20/h8,10H,4-7,9H2,1-3H3,(H,25,26). The van der Waals surface area contributed by atoms with Crippen LogP contribution in [0.4, 0.5) is 13.2 Å². The normalized spacial score (nSPS) is 24.2. The van der Waals surface area contributed by atoms with E-state index in [1.807, 2.05) is 20.8 Å². The van der Waals surface area contributed by atoms with Crippen molar-refractivity contribution in [2.75, 3.05) is 13.1 Å². The van der Waals surface area contributed by atoms with Gasteiger partial charge in [0.25, 0.3) is 5.91 Å². The molecule has 0 spiro atoms. The van der Waals surface area contributed by atoms with E-state index >= 15 is 0 Å². The highest BCUT2D eigenvalue weighted by atomic mass is 19.4. The molecule has 26 heavy (non-hydrogen) atoms. The Bertz CT molecular complexity index is 747. The summed E-state index contributed by atoms with van der Waals surface area (Å²) in [5.41, 5.74) is -2.29. The minimum atomic E-state index is -4.92. The first-order valence-corrected chi connectivity index (χ1v) is 8.57. The fraction of sp³-hybridized carbons (Fsp3) is 0.706. The molecule has 0 radical (unpaired) electrons. The number of alkyl halides is 3. The molecule has 9 heteroatoms. The summed E-state index contributed by atoms with van der Waals surface area (Å²) >= 11 is 0. The third-order valence-corrected chi connectivity index (χ3v) is 5.10. The number of likely N-dealkylation sites (tertiary alicyclic amines) is 1. The lowest BCUT2D eigenvalue weighted by Crippen LogP contribution is -2.47. The number of hydrogen-bond donors (Lipinski definition) is 1. The van der Waals surface area contributed by atoms with Crippen LogP contribution in [0.5, 0.6) is 0 Å². The van der Waals surface area contributed by atoms with E-state index in [9.17, 15) is 22.8 Å². The molecule has 1 atom stereocenters. The number of carboxylic acids is 1. The molecular weight excluding hydrogens is 351 g/mol. The smallest absolute Gasteiger partial charge is 0.406 e. The zero-order chi connectivity index (χ0) is 19.5. The second-order valence-corrected chi connectivity index (χ2v) is 8.17. The van der Waals surface area contributed by atoms with Gasteiger partial charge in [0.15, 0.2) is 11.1 Å². The average molecular weight is 373 g/mol. The molecule has 6 nitrogen and oxygen atoms in total. The maximum atomic E-state index is 13.3. The molecular formula is C17H22F3N3O3. The summed E-state index contributed by atoms with van der Waals surface area (Å²) in [4.78, 5) is 24.9. The first-order chi connectivity index (χ1) is 11.9. The van der Waals surface area contributed by atoms with Crippen molar-refractivity contribution >= 4 is 11.9 Å². The van der Waals surface area contributed by atoms with Gasteiger partial charge in [-0.1, -0.05) is 0 Å². The van der Waals surface area contributed by atoms with Crippen LogP contribution in [0.3, 0.4) is 0 Å². The van der Waals surface area contributed by atoms with Crippen LogP contribution in [0.1, 0.15) is 62.1 Å². The molecule has 1 aromatic rings. The van der Waals surface area contributed by atoms with Crippen LogP contribution in [0.15, 0.2) is 6.07 Å². The molecule has 1 saturated carbocycles. The van der Waals surface area contributed by atoms with Crippen molar-refractivity contribution in [2.45, 2.75) is 57.7 Å². The predicted molar refractivity (Wildman–Crippen MR) is 85.8 cm³/mol. The number of carboxylic acid groups (broad SMARTS) is 1. The number of aliphatic carboxylic acids is 1. The molecule has 144 valence electrons. The summed E-state index contributed by atoms with van der Waals surface area (Å²) in [6, 6.07) is 1.64. The van der Waals surface area contributed by atoms with E-state index in [0.717, 1.165) is 23.4 Å². The van der Waals surface area contributed by atoms with Gasteiger partial charge in [-0.15, -0.1) is 0 Å². The van der Waals surface area contributed by atoms with Crippen molar-refractivity contribution in [3.63, 3.8) is 0 Å². The summed E-state index contributed by atoms with van der Waals surface area (Å²) in [6.07, 6.45) is -3.57. The highest BCUT2D eigenvalue weighted by Gasteiger charge is 2.64. The first kappa shape index (κ1) is 18.7. The van der Waals surface area contributed by atoms with Crippen LogP contribution >= 0.6 is 0 Å². The minimum Gasteiger partial charge on any atom is -0.481 e. The van der Waals surface area contributed by atoms with Crippen molar-refractivity contribution in [1.82, 2.24) is 14.7 Å². The van der Waals surface area contributed by atoms with E-state index in [-0.39, 0.29) is 17.8 Å². The van der Waals surface area contributed by atoms with Crippen molar-refractivity contribution in [2.24, 2.45) is 5.41 Å². The van der Waals surface area contributed by atoms with Crippen LogP contribution in [-0.2, 0) is 10.3 Å². The Labute approximate surface area is 149 Å².